The molecule has 3 rings (SSSR count). The Morgan fingerprint density at radius 2 is 1.51 bits per heavy atom. The minimum Gasteiger partial charge on any atom is -0.461 e. The lowest BCUT2D eigenvalue weighted by Crippen LogP contribution is -2.35. The van der Waals surface area contributed by atoms with Gasteiger partial charge in [-0.25, -0.2) is 14.8 Å². The van der Waals surface area contributed by atoms with Crippen LogP contribution in [0.2, 0.25) is 0 Å². The van der Waals surface area contributed by atoms with E-state index in [1.54, 1.807) is 0 Å². The lowest BCUT2D eigenvalue weighted by Gasteiger charge is -2.23. The van der Waals surface area contributed by atoms with Gasteiger partial charge < -0.3 is 29.6 Å². The summed E-state index contributed by atoms with van der Waals surface area (Å²) in [5, 5.41) is 6.99. The number of imidazole rings is 1. The van der Waals surface area contributed by atoms with Gasteiger partial charge in [0.05, 0.1) is 17.4 Å². The zero-order valence-corrected chi connectivity index (χ0v) is 36.2. The summed E-state index contributed by atoms with van der Waals surface area (Å²) < 4.78 is 12.9. The number of fused-ring (bicyclic) bond motifs is 3. The van der Waals surface area contributed by atoms with Gasteiger partial charge in [0.1, 0.15) is 17.7 Å². The summed E-state index contributed by atoms with van der Waals surface area (Å²) in [5.41, 5.74) is 2.06. The van der Waals surface area contributed by atoms with Gasteiger partial charge >= 0.3 is 12.1 Å². The molecule has 0 aliphatic heterocycles. The number of anilines is 1. The molecule has 2 amide bonds. The summed E-state index contributed by atoms with van der Waals surface area (Å²) in [6.45, 7) is 16.8. The standard InChI is InChI=1S/C46H74N6O5/c1-7-8-9-10-13-16-24-34-56-41(54)29-19-14-11-12-15-22-31-51(33-25-30-47-45(55)57-46(4,5)6)32-23-17-18-28-40(53)50-44-42-43(52(36-48-42)35-37(2)3)38-26-20-21-27-39(38)49-44/h16,20-21,24,26-27,36-37H,7-15,17-19,22-23,25,28-35H2,1-6H3,(H,47,55)(H,49,50,53)/b24-16+. The number of carbonyl (C=O) groups excluding carboxylic acids is 3. The molecule has 11 heteroatoms. The molecule has 0 spiro atoms. The van der Waals surface area contributed by atoms with Crippen molar-refractivity contribution in [1.82, 2.24) is 24.8 Å². The van der Waals surface area contributed by atoms with E-state index in [2.05, 4.69) is 58.0 Å². The van der Waals surface area contributed by atoms with Gasteiger partial charge in [0.15, 0.2) is 5.82 Å². The molecule has 2 heterocycles. The number of carbonyl (C=O) groups is 3. The number of nitrogens with one attached hydrogen (secondary N) is 2. The molecule has 57 heavy (non-hydrogen) atoms. The fraction of sp³-hybridized carbons (Fsp3) is 0.674. The van der Waals surface area contributed by atoms with Crippen molar-refractivity contribution >= 4 is 45.7 Å². The predicted octanol–water partition coefficient (Wildman–Crippen LogP) is 10.8. The highest BCUT2D eigenvalue weighted by atomic mass is 16.6. The van der Waals surface area contributed by atoms with Crippen LogP contribution in [0.5, 0.6) is 0 Å². The molecule has 318 valence electrons. The van der Waals surface area contributed by atoms with Crippen LogP contribution in [0.3, 0.4) is 0 Å². The lowest BCUT2D eigenvalue weighted by molar-refractivity contribution is -0.142. The second-order valence-corrected chi connectivity index (χ2v) is 16.8. The minimum absolute atomic E-state index is 0.0416. The monoisotopic (exact) mass is 791 g/mol. The number of pyridine rings is 1. The second-order valence-electron chi connectivity index (χ2n) is 16.8. The molecule has 0 radical (unpaired) electrons. The van der Waals surface area contributed by atoms with Crippen molar-refractivity contribution < 1.29 is 23.9 Å². The van der Waals surface area contributed by atoms with Gasteiger partial charge in [-0.3, -0.25) is 9.59 Å². The van der Waals surface area contributed by atoms with Crippen LogP contribution in [-0.4, -0.2) is 75.8 Å². The lowest BCUT2D eigenvalue weighted by atomic mass is 10.1. The number of allylic oxidation sites excluding steroid dienone is 1. The predicted molar refractivity (Wildman–Crippen MR) is 233 cm³/mol. The largest absolute Gasteiger partial charge is 0.461 e. The SMILES string of the molecule is CCCCCC/C=C/COC(=O)CCCCCCCCN(CCCCCC(=O)Nc1nc2ccccc2c2c1ncn2CC(C)C)CCCNC(=O)OC(C)(C)C. The van der Waals surface area contributed by atoms with Crippen molar-refractivity contribution in [2.45, 2.75) is 163 Å². The molecular weight excluding hydrogens is 717 g/mol. The zero-order chi connectivity index (χ0) is 41.3. The van der Waals surface area contributed by atoms with Crippen molar-refractivity contribution in [3.8, 4) is 0 Å². The van der Waals surface area contributed by atoms with Gasteiger partial charge in [-0.05, 0) is 97.3 Å². The van der Waals surface area contributed by atoms with E-state index in [4.69, 9.17) is 14.5 Å². The number of nitrogens with zero attached hydrogens (tertiary/aromatic N) is 4. The van der Waals surface area contributed by atoms with Gasteiger partial charge in [0, 0.05) is 31.3 Å². The molecule has 0 saturated heterocycles. The van der Waals surface area contributed by atoms with E-state index in [0.717, 1.165) is 119 Å². The first-order chi connectivity index (χ1) is 27.5. The van der Waals surface area contributed by atoms with Crippen LogP contribution in [-0.2, 0) is 25.6 Å². The number of hydrogen-bond donors (Lipinski definition) is 2. The van der Waals surface area contributed by atoms with Crippen LogP contribution >= 0.6 is 0 Å². The molecule has 2 aromatic heterocycles. The molecular formula is C46H74N6O5. The van der Waals surface area contributed by atoms with Gasteiger partial charge in [0.25, 0.3) is 0 Å². The Labute approximate surface area is 343 Å². The van der Waals surface area contributed by atoms with Crippen molar-refractivity contribution in [2.24, 2.45) is 5.92 Å². The van der Waals surface area contributed by atoms with Crippen molar-refractivity contribution in [3.05, 3.63) is 42.7 Å². The maximum atomic E-state index is 13.1. The molecule has 0 aliphatic rings. The molecule has 11 nitrogen and oxygen atoms in total. The third-order valence-corrected chi connectivity index (χ3v) is 9.81. The van der Waals surface area contributed by atoms with E-state index in [1.807, 2.05) is 51.4 Å². The van der Waals surface area contributed by atoms with Crippen LogP contribution < -0.4 is 10.6 Å². The molecule has 0 atom stereocenters. The molecule has 0 saturated carbocycles. The topological polar surface area (TPSA) is 128 Å². The molecule has 0 aliphatic carbocycles. The van der Waals surface area contributed by atoms with Gasteiger partial charge in [0.2, 0.25) is 5.91 Å². The third-order valence-electron chi connectivity index (χ3n) is 9.81. The Kier molecular flexibility index (Phi) is 22.3. The molecule has 3 aromatic rings. The number of unbranched alkanes of at least 4 members (excludes halogenated alkanes) is 11. The smallest absolute Gasteiger partial charge is 0.407 e. The highest BCUT2D eigenvalue weighted by Crippen LogP contribution is 2.29. The molecule has 1 aromatic carbocycles. The summed E-state index contributed by atoms with van der Waals surface area (Å²) in [4.78, 5) is 49.2. The first kappa shape index (κ1) is 47.4. The van der Waals surface area contributed by atoms with Crippen LogP contribution in [0.1, 0.15) is 151 Å². The first-order valence-corrected chi connectivity index (χ1v) is 22.0. The molecule has 2 N–H and O–H groups in total. The maximum Gasteiger partial charge on any atom is 0.407 e. The van der Waals surface area contributed by atoms with E-state index in [-0.39, 0.29) is 18.0 Å². The van der Waals surface area contributed by atoms with Gasteiger partial charge in [-0.15, -0.1) is 0 Å². The van der Waals surface area contributed by atoms with E-state index in [1.165, 1.54) is 25.7 Å². The van der Waals surface area contributed by atoms with E-state index < -0.39 is 5.60 Å². The van der Waals surface area contributed by atoms with E-state index in [9.17, 15) is 14.4 Å². The number of rotatable bonds is 29. The van der Waals surface area contributed by atoms with Crippen molar-refractivity contribution in [1.29, 1.82) is 0 Å². The number of amides is 2. The number of para-hydroxylation sites is 1. The first-order valence-electron chi connectivity index (χ1n) is 22.0. The third kappa shape index (κ3) is 19.8. The summed E-state index contributed by atoms with van der Waals surface area (Å²) >= 11 is 0. The second kappa shape index (κ2) is 26.8. The Hall–Kier alpha value is -3.99. The van der Waals surface area contributed by atoms with E-state index in [0.29, 0.717) is 37.7 Å². The number of aromatic nitrogens is 3. The number of benzene rings is 1. The van der Waals surface area contributed by atoms with Gasteiger partial charge in [-0.2, -0.15) is 0 Å². The van der Waals surface area contributed by atoms with Crippen LogP contribution in [0, 0.1) is 5.92 Å². The van der Waals surface area contributed by atoms with Gasteiger partial charge in [-0.1, -0.05) is 102 Å². The van der Waals surface area contributed by atoms with Crippen LogP contribution in [0.4, 0.5) is 10.6 Å². The normalized spacial score (nSPS) is 12.0. The van der Waals surface area contributed by atoms with E-state index >= 15 is 0 Å². The summed E-state index contributed by atoms with van der Waals surface area (Å²) in [6.07, 6.45) is 22.5. The Balaban J connectivity index is 1.37. The fourth-order valence-corrected chi connectivity index (χ4v) is 6.94. The van der Waals surface area contributed by atoms with Crippen molar-refractivity contribution in [3.63, 3.8) is 0 Å². The summed E-state index contributed by atoms with van der Waals surface area (Å²) in [5.74, 6) is 0.841. The average molecular weight is 791 g/mol. The van der Waals surface area contributed by atoms with Crippen molar-refractivity contribution in [2.75, 3.05) is 38.1 Å². The Morgan fingerprint density at radius 1 is 0.842 bits per heavy atom. The zero-order valence-electron chi connectivity index (χ0n) is 36.2. The summed E-state index contributed by atoms with van der Waals surface area (Å²) in [7, 11) is 0. The Bertz CT molecular complexity index is 1650. The Morgan fingerprint density at radius 3 is 2.25 bits per heavy atom. The average Bonchev–Trinajstić information content (AvgIpc) is 3.57. The molecule has 0 unspecified atom stereocenters. The summed E-state index contributed by atoms with van der Waals surface area (Å²) in [6, 6.07) is 8.03. The number of ether oxygens (including phenoxy) is 2. The molecule has 0 fully saturated rings. The highest BCUT2D eigenvalue weighted by molar-refractivity contribution is 6.09. The maximum absolute atomic E-state index is 13.1. The minimum atomic E-state index is -0.518. The number of esters is 1. The highest BCUT2D eigenvalue weighted by Gasteiger charge is 2.17. The number of alkyl carbamates (subject to hydrolysis) is 1. The molecule has 0 bridgehead atoms. The number of hydrogen-bond acceptors (Lipinski definition) is 8. The van der Waals surface area contributed by atoms with Crippen LogP contribution in [0.15, 0.2) is 42.7 Å². The quantitative estimate of drug-likeness (QED) is 0.0404. The fourth-order valence-electron chi connectivity index (χ4n) is 6.94. The van der Waals surface area contributed by atoms with Crippen LogP contribution in [0.25, 0.3) is 21.9 Å².